The molecular weight excluding hydrogens is 520 g/mol. The van der Waals surface area contributed by atoms with E-state index < -0.39 is 35.6 Å². The summed E-state index contributed by atoms with van der Waals surface area (Å²) in [6.07, 6.45) is 3.21. The average Bonchev–Trinajstić information content (AvgIpc) is 3.57. The van der Waals surface area contributed by atoms with Crippen molar-refractivity contribution in [2.45, 2.75) is 59.0 Å². The van der Waals surface area contributed by atoms with Crippen LogP contribution in [0.2, 0.25) is 0 Å². The Morgan fingerprint density at radius 2 is 1.95 bits per heavy atom. The minimum absolute atomic E-state index is 0.0688. The van der Waals surface area contributed by atoms with Gasteiger partial charge in [-0.05, 0) is 46.8 Å². The van der Waals surface area contributed by atoms with Crippen LogP contribution in [0.1, 0.15) is 43.7 Å². The lowest BCUT2D eigenvalue weighted by Crippen LogP contribution is -2.45. The summed E-state index contributed by atoms with van der Waals surface area (Å²) in [4.78, 5) is 33.2. The van der Waals surface area contributed by atoms with Gasteiger partial charge in [0.2, 0.25) is 0 Å². The lowest BCUT2D eigenvalue weighted by molar-refractivity contribution is 0.0183. The summed E-state index contributed by atoms with van der Waals surface area (Å²) in [5.41, 5.74) is 1.85. The molecule has 2 amide bonds. The maximum atomic E-state index is 15.2. The van der Waals surface area contributed by atoms with Crippen LogP contribution in [-0.2, 0) is 11.3 Å². The number of nitrogens with one attached hydrogen (secondary N) is 1. The van der Waals surface area contributed by atoms with E-state index >= 15 is 4.39 Å². The first-order chi connectivity index (χ1) is 18.8. The summed E-state index contributed by atoms with van der Waals surface area (Å²) >= 11 is 0. The van der Waals surface area contributed by atoms with Crippen LogP contribution in [0.15, 0.2) is 36.8 Å². The molecule has 12 heteroatoms. The van der Waals surface area contributed by atoms with Gasteiger partial charge in [-0.15, -0.1) is 0 Å². The van der Waals surface area contributed by atoms with Crippen LogP contribution in [0.4, 0.5) is 25.0 Å². The molecule has 0 radical (unpaired) electrons. The highest BCUT2D eigenvalue weighted by atomic mass is 19.1. The molecule has 212 valence electrons. The summed E-state index contributed by atoms with van der Waals surface area (Å²) in [6, 6.07) is 3.91. The van der Waals surface area contributed by atoms with Crippen molar-refractivity contribution in [2.24, 2.45) is 0 Å². The molecule has 2 atom stereocenters. The molecule has 4 aromatic rings. The third-order valence-electron chi connectivity index (χ3n) is 6.89. The number of hydrogen-bond acceptors (Lipinski definition) is 6. The van der Waals surface area contributed by atoms with E-state index in [4.69, 9.17) is 4.74 Å². The number of carbonyl (C=O) groups excluding carboxylic acids is 2. The first-order valence-electron chi connectivity index (χ1n) is 13.2. The highest BCUT2D eigenvalue weighted by Crippen LogP contribution is 2.33. The van der Waals surface area contributed by atoms with Crippen molar-refractivity contribution in [3.8, 4) is 0 Å². The van der Waals surface area contributed by atoms with Gasteiger partial charge in [0, 0.05) is 55.9 Å². The quantitative estimate of drug-likeness (QED) is 0.382. The summed E-state index contributed by atoms with van der Waals surface area (Å²) in [6.45, 7) is 9.86. The number of pyridine rings is 1. The maximum absolute atomic E-state index is 15.2. The number of rotatable bonds is 5. The first kappa shape index (κ1) is 27.4. The number of anilines is 2. The molecule has 1 fully saturated rings. The second kappa shape index (κ2) is 10.1. The van der Waals surface area contributed by atoms with E-state index in [9.17, 15) is 14.0 Å². The molecule has 1 aliphatic rings. The minimum atomic E-state index is -1.30. The standard InChI is InChI=1S/C28H33F2N7O3/c1-7-37-13-19-22(35-14-21(30)23(15-35)34(6)27(39)40-28(3,4)5)9-8-18(24(19)33-37)26(38)32-17-10-20(29)25-31-16(2)11-36(25)12-17/h8-13,21,23H,7,14-15H2,1-6H3,(H,32,38)/t21-,23+/m0/s1. The number of aryl methyl sites for hydroxylation is 2. The van der Waals surface area contributed by atoms with Crippen LogP contribution in [0.25, 0.3) is 16.6 Å². The predicted molar refractivity (Wildman–Crippen MR) is 148 cm³/mol. The second-order valence-electron chi connectivity index (χ2n) is 11.1. The third kappa shape index (κ3) is 5.17. The zero-order valence-corrected chi connectivity index (χ0v) is 23.4. The number of likely N-dealkylation sites (N-methyl/N-ethyl adjacent to an activating group) is 1. The Balaban J connectivity index is 1.43. The second-order valence-corrected chi connectivity index (χ2v) is 11.1. The number of carbonyl (C=O) groups is 2. The Bertz CT molecular complexity index is 1610. The number of imidazole rings is 1. The van der Waals surface area contributed by atoms with Crippen molar-refractivity contribution in [3.63, 3.8) is 0 Å². The highest BCUT2D eigenvalue weighted by Gasteiger charge is 2.39. The predicted octanol–water partition coefficient (Wildman–Crippen LogP) is 4.80. The van der Waals surface area contributed by atoms with Gasteiger partial charge >= 0.3 is 6.09 Å². The Labute approximate surface area is 230 Å². The first-order valence-corrected chi connectivity index (χ1v) is 13.2. The SMILES string of the molecule is CCn1cc2c(N3C[C@@H](N(C)C(=O)OC(C)(C)C)[C@@H](F)C3)ccc(C(=O)Nc3cc(F)c4nc(C)cn4c3)c2n1. The molecule has 0 aliphatic carbocycles. The molecule has 5 rings (SSSR count). The number of halogens is 2. The minimum Gasteiger partial charge on any atom is -0.444 e. The van der Waals surface area contributed by atoms with Crippen molar-refractivity contribution in [1.82, 2.24) is 24.1 Å². The molecule has 1 N–H and O–H groups in total. The van der Waals surface area contributed by atoms with E-state index in [1.54, 1.807) is 56.9 Å². The zero-order valence-electron chi connectivity index (χ0n) is 23.4. The van der Waals surface area contributed by atoms with Gasteiger partial charge in [0.15, 0.2) is 11.5 Å². The fourth-order valence-corrected chi connectivity index (χ4v) is 4.98. The number of ether oxygens (including phenoxy) is 1. The number of nitrogens with zero attached hydrogens (tertiary/aromatic N) is 6. The van der Waals surface area contributed by atoms with Crippen LogP contribution in [0.5, 0.6) is 0 Å². The number of fused-ring (bicyclic) bond motifs is 2. The van der Waals surface area contributed by atoms with Gasteiger partial charge in [-0.25, -0.2) is 18.6 Å². The van der Waals surface area contributed by atoms with Crippen LogP contribution in [0, 0.1) is 12.7 Å². The Morgan fingerprint density at radius 3 is 2.65 bits per heavy atom. The average molecular weight is 554 g/mol. The van der Waals surface area contributed by atoms with Gasteiger partial charge in [0.25, 0.3) is 5.91 Å². The van der Waals surface area contributed by atoms with Gasteiger partial charge in [-0.2, -0.15) is 5.10 Å². The third-order valence-corrected chi connectivity index (χ3v) is 6.89. The number of amides is 2. The van der Waals surface area contributed by atoms with Crippen LogP contribution >= 0.6 is 0 Å². The summed E-state index contributed by atoms with van der Waals surface area (Å²) in [7, 11) is 1.54. The zero-order chi connectivity index (χ0) is 28.9. The van der Waals surface area contributed by atoms with Gasteiger partial charge in [-0.1, -0.05) is 0 Å². The molecule has 1 aliphatic heterocycles. The molecule has 1 aromatic carbocycles. The van der Waals surface area contributed by atoms with Crippen molar-refractivity contribution in [1.29, 1.82) is 0 Å². The number of aromatic nitrogens is 4. The largest absolute Gasteiger partial charge is 0.444 e. The number of alkyl halides is 1. The smallest absolute Gasteiger partial charge is 0.410 e. The van der Waals surface area contributed by atoms with E-state index in [-0.39, 0.29) is 24.4 Å². The molecule has 0 spiro atoms. The van der Waals surface area contributed by atoms with E-state index in [1.165, 1.54) is 22.4 Å². The van der Waals surface area contributed by atoms with Crippen molar-refractivity contribution < 1.29 is 23.1 Å². The van der Waals surface area contributed by atoms with Gasteiger partial charge < -0.3 is 24.3 Å². The fourth-order valence-electron chi connectivity index (χ4n) is 4.98. The van der Waals surface area contributed by atoms with E-state index in [0.717, 1.165) is 0 Å². The fraction of sp³-hybridized carbons (Fsp3) is 0.429. The highest BCUT2D eigenvalue weighted by molar-refractivity contribution is 6.14. The van der Waals surface area contributed by atoms with E-state index in [0.29, 0.717) is 34.4 Å². The van der Waals surface area contributed by atoms with Gasteiger partial charge in [0.05, 0.1) is 29.5 Å². The molecule has 4 heterocycles. The molecule has 1 saturated heterocycles. The van der Waals surface area contributed by atoms with Crippen LogP contribution < -0.4 is 10.2 Å². The summed E-state index contributed by atoms with van der Waals surface area (Å²) in [5, 5.41) is 8.04. The Hall–Kier alpha value is -4.22. The molecular formula is C28H33F2N7O3. The monoisotopic (exact) mass is 553 g/mol. The van der Waals surface area contributed by atoms with E-state index in [1.807, 2.05) is 18.0 Å². The lowest BCUT2D eigenvalue weighted by atomic mass is 10.1. The summed E-state index contributed by atoms with van der Waals surface area (Å²) in [5.74, 6) is -1.01. The topological polar surface area (TPSA) is 97.0 Å². The Kier molecular flexibility index (Phi) is 6.89. The van der Waals surface area contributed by atoms with Crippen LogP contribution in [0.3, 0.4) is 0 Å². The van der Waals surface area contributed by atoms with Crippen molar-refractivity contribution >= 4 is 39.9 Å². The summed E-state index contributed by atoms with van der Waals surface area (Å²) < 4.78 is 38.5. The molecule has 10 nitrogen and oxygen atoms in total. The van der Waals surface area contributed by atoms with Gasteiger partial charge in [0.1, 0.15) is 17.3 Å². The number of benzene rings is 1. The molecule has 3 aromatic heterocycles. The molecule has 0 unspecified atom stereocenters. The lowest BCUT2D eigenvalue weighted by Gasteiger charge is -2.29. The van der Waals surface area contributed by atoms with Crippen LogP contribution in [-0.4, -0.2) is 74.0 Å². The Morgan fingerprint density at radius 1 is 1.20 bits per heavy atom. The molecule has 0 saturated carbocycles. The van der Waals surface area contributed by atoms with Crippen molar-refractivity contribution in [3.05, 3.63) is 53.9 Å². The normalized spacial score (nSPS) is 17.6. The van der Waals surface area contributed by atoms with Crippen molar-refractivity contribution in [2.75, 3.05) is 30.4 Å². The molecule has 0 bridgehead atoms. The maximum Gasteiger partial charge on any atom is 0.410 e. The molecule has 40 heavy (non-hydrogen) atoms. The number of hydrogen-bond donors (Lipinski definition) is 1. The van der Waals surface area contributed by atoms with E-state index in [2.05, 4.69) is 15.4 Å². The van der Waals surface area contributed by atoms with Gasteiger partial charge in [-0.3, -0.25) is 9.48 Å².